The van der Waals surface area contributed by atoms with Crippen molar-refractivity contribution in [3.05, 3.63) is 0 Å². The third-order valence-corrected chi connectivity index (χ3v) is 2.43. The molecule has 0 aliphatic rings. The number of rotatable bonds is 2. The van der Waals surface area contributed by atoms with Crippen LogP contribution in [0.4, 0.5) is 0 Å². The lowest BCUT2D eigenvalue weighted by Crippen LogP contribution is -2.15. The van der Waals surface area contributed by atoms with Gasteiger partial charge in [0.2, 0.25) is 0 Å². The van der Waals surface area contributed by atoms with E-state index in [1.807, 2.05) is 34.6 Å². The second-order valence-electron chi connectivity index (χ2n) is 3.45. The Bertz CT molecular complexity index is 245. The Hall–Kier alpha value is 1.37. The average molecular weight is 423 g/mol. The Kier molecular flexibility index (Phi) is 35.2. The Morgan fingerprint density at radius 1 is 0.864 bits per heavy atom. The van der Waals surface area contributed by atoms with Gasteiger partial charge < -0.3 is 33.9 Å². The quantitative estimate of drug-likeness (QED) is 0.291. The van der Waals surface area contributed by atoms with E-state index in [9.17, 15) is 4.55 Å². The summed E-state index contributed by atoms with van der Waals surface area (Å²) in [5, 5.41) is 0.338. The molecule has 1 atom stereocenters. The molecule has 0 aromatic rings. The van der Waals surface area contributed by atoms with Crippen LogP contribution in [-0.4, -0.2) is 44.9 Å². The largest absolute Gasteiger partial charge is 0.616 e. The van der Waals surface area contributed by atoms with Crippen LogP contribution in [0.2, 0.25) is 0 Å². The van der Waals surface area contributed by atoms with E-state index in [2.05, 4.69) is 37.5 Å². The Labute approximate surface area is 148 Å². The molecule has 142 valence electrons. The van der Waals surface area contributed by atoms with Crippen molar-refractivity contribution in [2.45, 2.75) is 60.1 Å². The molecule has 0 bridgehead atoms. The van der Waals surface area contributed by atoms with Crippen LogP contribution in [0.5, 0.6) is 0 Å². The fourth-order valence-electron chi connectivity index (χ4n) is 0.333. The minimum Gasteiger partial charge on any atom is -0.616 e. The lowest BCUT2D eigenvalue weighted by molar-refractivity contribution is 0.361. The summed E-state index contributed by atoms with van der Waals surface area (Å²) in [5.41, 5.74) is 0. The maximum absolute atomic E-state index is 10.6. The second-order valence-corrected chi connectivity index (χ2v) is 10.7. The maximum atomic E-state index is 10.6. The molecule has 0 rings (SSSR count). The van der Waals surface area contributed by atoms with E-state index in [0.717, 1.165) is 5.75 Å². The first-order valence-electron chi connectivity index (χ1n) is 6.53. The zero-order valence-corrected chi connectivity index (χ0v) is 18.4. The molecule has 0 fully saturated rings. The Morgan fingerprint density at radius 2 is 1.00 bits per heavy atom. The van der Waals surface area contributed by atoms with Gasteiger partial charge >= 0.3 is 13.4 Å². The smallest absolute Gasteiger partial charge is 0.319 e. The van der Waals surface area contributed by atoms with Gasteiger partial charge in [0, 0.05) is 0 Å². The minimum atomic E-state index is -3.81. The lowest BCUT2D eigenvalue weighted by atomic mass is 10.6. The normalized spacial score (nSPS) is 11.2. The Balaban J connectivity index is -0.0000000581. The van der Waals surface area contributed by atoms with Gasteiger partial charge in [-0.1, -0.05) is 45.3 Å². The van der Waals surface area contributed by atoms with Crippen molar-refractivity contribution in [1.29, 1.82) is 0 Å². The van der Waals surface area contributed by atoms with Crippen LogP contribution in [0.15, 0.2) is 0 Å². The fourth-order valence-corrected chi connectivity index (χ4v) is 1.00. The first-order chi connectivity index (χ1) is 9.59. The Morgan fingerprint density at radius 3 is 1.00 bits per heavy atom. The van der Waals surface area contributed by atoms with Crippen LogP contribution in [-0.2, 0) is 34.8 Å². The molecule has 0 aromatic heterocycles. The number of hydrogen-bond acceptors (Lipinski definition) is 3. The molecule has 1 unspecified atom stereocenters. The zero-order valence-electron chi connectivity index (χ0n) is 14.2. The summed E-state index contributed by atoms with van der Waals surface area (Å²) in [4.78, 5) is 45.3. The van der Waals surface area contributed by atoms with Gasteiger partial charge in [0.1, 0.15) is 11.0 Å². The van der Waals surface area contributed by atoms with Crippen molar-refractivity contribution in [2.75, 3.05) is 5.75 Å². The van der Waals surface area contributed by atoms with Crippen molar-refractivity contribution in [2.24, 2.45) is 0 Å². The molecule has 0 aromatic carbocycles. The summed E-state index contributed by atoms with van der Waals surface area (Å²) in [6, 6.07) is 0. The van der Waals surface area contributed by atoms with Gasteiger partial charge in [0.15, 0.2) is 0 Å². The molecule has 0 aliphatic carbocycles. The van der Waals surface area contributed by atoms with Crippen LogP contribution < -0.4 is 0 Å². The molecule has 0 amide bonds. The highest BCUT2D eigenvalue weighted by Crippen LogP contribution is 2.26. The molecule has 0 heterocycles. The molecular weight excluding hydrogens is 390 g/mol. The molecule has 22 heavy (non-hydrogen) atoms. The van der Waals surface area contributed by atoms with Crippen molar-refractivity contribution >= 4 is 48.2 Å². The van der Waals surface area contributed by atoms with Crippen LogP contribution in [0.25, 0.3) is 0 Å². The summed E-state index contributed by atoms with van der Waals surface area (Å²) < 4.78 is 10.6. The monoisotopic (exact) mass is 422 g/mol. The van der Waals surface area contributed by atoms with Crippen molar-refractivity contribution in [1.82, 2.24) is 0 Å². The second kappa shape index (κ2) is 22.4. The SMILES string of the molecule is CC.CCC.CC[S+]([O-])C(C)C.OP(O)(O)=S.OP(O)(O)=S. The third-order valence-electron chi connectivity index (χ3n) is 0.810. The molecule has 0 radical (unpaired) electrons. The van der Waals surface area contributed by atoms with E-state index in [4.69, 9.17) is 29.4 Å². The van der Waals surface area contributed by atoms with Gasteiger partial charge in [0.05, 0.1) is 0 Å². The highest BCUT2D eigenvalue weighted by molar-refractivity contribution is 8.06. The van der Waals surface area contributed by atoms with Crippen molar-refractivity contribution in [3.63, 3.8) is 0 Å². The average Bonchev–Trinajstić information content (AvgIpc) is 2.27. The highest BCUT2D eigenvalue weighted by Gasteiger charge is 2.05. The van der Waals surface area contributed by atoms with E-state index >= 15 is 0 Å². The lowest BCUT2D eigenvalue weighted by Gasteiger charge is -2.10. The first-order valence-corrected chi connectivity index (χ1v) is 13.2. The topological polar surface area (TPSA) is 144 Å². The summed E-state index contributed by atoms with van der Waals surface area (Å²) in [7, 11) is 0. The van der Waals surface area contributed by atoms with Gasteiger partial charge in [-0.15, -0.1) is 0 Å². The van der Waals surface area contributed by atoms with Crippen LogP contribution >= 0.6 is 13.4 Å². The summed E-state index contributed by atoms with van der Waals surface area (Å²) in [5.74, 6) is 0.789. The predicted octanol–water partition coefficient (Wildman–Crippen LogP) is 1.98. The van der Waals surface area contributed by atoms with Crippen molar-refractivity contribution < 1.29 is 33.9 Å². The third kappa shape index (κ3) is 163. The molecule has 12 heteroatoms. The van der Waals surface area contributed by atoms with Gasteiger partial charge in [-0.25, -0.2) is 0 Å². The van der Waals surface area contributed by atoms with E-state index < -0.39 is 24.6 Å². The summed E-state index contributed by atoms with van der Waals surface area (Å²) in [6.07, 6.45) is 1.25. The maximum Gasteiger partial charge on any atom is 0.319 e. The molecule has 0 aliphatic heterocycles. The summed E-state index contributed by atoms with van der Waals surface area (Å²) in [6.45, 7) is 6.52. The van der Waals surface area contributed by atoms with Gasteiger partial charge in [-0.05, 0) is 44.4 Å². The van der Waals surface area contributed by atoms with Gasteiger partial charge in [0.25, 0.3) is 0 Å². The van der Waals surface area contributed by atoms with Crippen LogP contribution in [0, 0.1) is 0 Å². The van der Waals surface area contributed by atoms with Gasteiger partial charge in [-0.3, -0.25) is 0 Å². The molecule has 0 saturated carbocycles. The minimum absolute atomic E-state index is 0.338. The molecular formula is C10H32O7P2S3. The van der Waals surface area contributed by atoms with Crippen molar-refractivity contribution in [3.8, 4) is 0 Å². The highest BCUT2D eigenvalue weighted by atomic mass is 32.5. The predicted molar refractivity (Wildman–Crippen MR) is 103 cm³/mol. The fraction of sp³-hybridized carbons (Fsp3) is 1.00. The molecule has 6 N–H and O–H groups in total. The first kappa shape index (κ1) is 34.7. The van der Waals surface area contributed by atoms with Crippen LogP contribution in [0.3, 0.4) is 0 Å². The number of hydrogen-bond donors (Lipinski definition) is 6. The summed E-state index contributed by atoms with van der Waals surface area (Å²) >= 11 is 6.63. The van der Waals surface area contributed by atoms with Gasteiger partial charge in [-0.2, -0.15) is 0 Å². The molecule has 7 nitrogen and oxygen atoms in total. The van der Waals surface area contributed by atoms with E-state index in [1.54, 1.807) is 0 Å². The standard InChI is InChI=1S/C5H12OS.C3H8.C2H6.2H3O3PS/c1-4-7(6)5(2)3;1-3-2;1-2;2*1-4(2,3)5/h5H,4H2,1-3H3;3H2,1-2H3;1-2H3;2*(H3,1,2,3,5). The molecule has 0 spiro atoms. The van der Waals surface area contributed by atoms with Crippen LogP contribution in [0.1, 0.15) is 54.9 Å². The molecule has 0 saturated heterocycles. The van der Waals surface area contributed by atoms with E-state index in [-0.39, 0.29) is 0 Å². The van der Waals surface area contributed by atoms with E-state index in [0.29, 0.717) is 5.25 Å². The zero-order chi connectivity index (χ0) is 19.6. The van der Waals surface area contributed by atoms with E-state index in [1.165, 1.54) is 6.42 Å².